The molecule has 0 spiro atoms. The largest absolute Gasteiger partial charge is 0.389 e. The number of nitrogens with one attached hydrogen (secondary N) is 1. The highest BCUT2D eigenvalue weighted by Crippen LogP contribution is 2.06. The summed E-state index contributed by atoms with van der Waals surface area (Å²) in [6, 6.07) is 10.7. The Balaban J connectivity index is 2.02. The minimum atomic E-state index is -0.149. The molecule has 3 N–H and O–H groups in total. The van der Waals surface area contributed by atoms with Gasteiger partial charge in [0.25, 0.3) is 5.91 Å². The van der Waals surface area contributed by atoms with E-state index in [0.29, 0.717) is 17.1 Å². The molecule has 0 aliphatic carbocycles. The van der Waals surface area contributed by atoms with Crippen molar-refractivity contribution < 1.29 is 4.79 Å². The van der Waals surface area contributed by atoms with E-state index >= 15 is 0 Å². The molecule has 5 heteroatoms. The van der Waals surface area contributed by atoms with Crippen LogP contribution in [0.15, 0.2) is 42.6 Å². The van der Waals surface area contributed by atoms with E-state index in [9.17, 15) is 4.79 Å². The van der Waals surface area contributed by atoms with Crippen molar-refractivity contribution in [3.05, 3.63) is 65.0 Å². The van der Waals surface area contributed by atoms with Gasteiger partial charge in [0, 0.05) is 17.3 Å². The van der Waals surface area contributed by atoms with E-state index in [2.05, 4.69) is 10.3 Å². The molecule has 2 rings (SSSR count). The van der Waals surface area contributed by atoms with Crippen LogP contribution in [0.4, 0.5) is 0 Å². The van der Waals surface area contributed by atoms with Gasteiger partial charge < -0.3 is 11.1 Å². The first-order chi connectivity index (χ1) is 9.58. The first-order valence-corrected chi connectivity index (χ1v) is 6.57. The predicted octanol–water partition coefficient (Wildman–Crippen LogP) is 1.95. The molecule has 1 aromatic carbocycles. The fraction of sp³-hybridized carbons (Fsp3) is 0.133. The molecule has 0 fully saturated rings. The average molecular weight is 285 g/mol. The number of thiocarbonyl (C=S) groups is 1. The summed E-state index contributed by atoms with van der Waals surface area (Å²) in [5, 5.41) is 2.84. The number of hydrogen-bond acceptors (Lipinski definition) is 3. The minimum Gasteiger partial charge on any atom is -0.389 e. The second-order valence-electron chi connectivity index (χ2n) is 4.39. The number of pyridine rings is 1. The van der Waals surface area contributed by atoms with Crippen LogP contribution in [0.3, 0.4) is 0 Å². The third-order valence-electron chi connectivity index (χ3n) is 2.97. The molecule has 1 amide bonds. The maximum absolute atomic E-state index is 12.0. The molecule has 1 heterocycles. The van der Waals surface area contributed by atoms with Crippen molar-refractivity contribution in [1.29, 1.82) is 0 Å². The van der Waals surface area contributed by atoms with Gasteiger partial charge in [0.2, 0.25) is 0 Å². The lowest BCUT2D eigenvalue weighted by Crippen LogP contribution is -2.23. The number of carbonyl (C=O) groups excluding carboxylic acids is 1. The molecule has 2 aromatic rings. The Morgan fingerprint density at radius 1 is 1.25 bits per heavy atom. The van der Waals surface area contributed by atoms with Crippen molar-refractivity contribution in [2.75, 3.05) is 0 Å². The van der Waals surface area contributed by atoms with Crippen molar-refractivity contribution in [3.8, 4) is 0 Å². The van der Waals surface area contributed by atoms with E-state index in [1.807, 2.05) is 19.1 Å². The van der Waals surface area contributed by atoms with Crippen LogP contribution in [0.5, 0.6) is 0 Å². The fourth-order valence-electron chi connectivity index (χ4n) is 1.76. The van der Waals surface area contributed by atoms with Crippen LogP contribution < -0.4 is 11.1 Å². The van der Waals surface area contributed by atoms with Crippen LogP contribution in [0, 0.1) is 6.92 Å². The lowest BCUT2D eigenvalue weighted by atomic mass is 10.1. The van der Waals surface area contributed by atoms with Crippen molar-refractivity contribution in [2.24, 2.45) is 5.73 Å². The molecule has 0 bridgehead atoms. The standard InChI is InChI=1S/C15H15N3OS/c1-10-3-2-8-17-13(10)9-18-15(19)12-6-4-11(5-7-12)14(16)20/h2-8H,9H2,1H3,(H2,16,20)(H,18,19). The van der Waals surface area contributed by atoms with Crippen molar-refractivity contribution in [1.82, 2.24) is 10.3 Å². The summed E-state index contributed by atoms with van der Waals surface area (Å²) in [4.78, 5) is 16.6. The van der Waals surface area contributed by atoms with Crippen molar-refractivity contribution in [3.63, 3.8) is 0 Å². The van der Waals surface area contributed by atoms with Crippen LogP contribution in [0.1, 0.15) is 27.2 Å². The van der Waals surface area contributed by atoms with Gasteiger partial charge in [0.05, 0.1) is 12.2 Å². The van der Waals surface area contributed by atoms with E-state index < -0.39 is 0 Å². The molecule has 0 saturated heterocycles. The molecular weight excluding hydrogens is 270 g/mol. The Kier molecular flexibility index (Phi) is 4.42. The van der Waals surface area contributed by atoms with Crippen LogP contribution in [-0.4, -0.2) is 15.9 Å². The molecular formula is C15H15N3OS. The zero-order chi connectivity index (χ0) is 14.5. The summed E-state index contributed by atoms with van der Waals surface area (Å²) in [6.07, 6.45) is 1.71. The van der Waals surface area contributed by atoms with Gasteiger partial charge in [-0.15, -0.1) is 0 Å². The SMILES string of the molecule is Cc1cccnc1CNC(=O)c1ccc(C(N)=S)cc1. The molecule has 0 unspecified atom stereocenters. The Morgan fingerprint density at radius 3 is 2.50 bits per heavy atom. The maximum Gasteiger partial charge on any atom is 0.251 e. The van der Waals surface area contributed by atoms with Gasteiger partial charge >= 0.3 is 0 Å². The third kappa shape index (κ3) is 3.39. The predicted molar refractivity (Wildman–Crippen MR) is 82.5 cm³/mol. The van der Waals surface area contributed by atoms with Crippen molar-refractivity contribution in [2.45, 2.75) is 13.5 Å². The zero-order valence-electron chi connectivity index (χ0n) is 11.1. The second kappa shape index (κ2) is 6.25. The van der Waals surface area contributed by atoms with E-state index in [4.69, 9.17) is 18.0 Å². The number of nitrogens with two attached hydrogens (primary N) is 1. The minimum absolute atomic E-state index is 0.149. The summed E-state index contributed by atoms with van der Waals surface area (Å²) in [6.45, 7) is 2.37. The highest BCUT2D eigenvalue weighted by atomic mass is 32.1. The summed E-state index contributed by atoms with van der Waals surface area (Å²) < 4.78 is 0. The highest BCUT2D eigenvalue weighted by molar-refractivity contribution is 7.80. The smallest absolute Gasteiger partial charge is 0.251 e. The monoisotopic (exact) mass is 285 g/mol. The molecule has 0 aliphatic heterocycles. The molecule has 0 saturated carbocycles. The fourth-order valence-corrected chi connectivity index (χ4v) is 1.89. The number of aromatic nitrogens is 1. The highest BCUT2D eigenvalue weighted by Gasteiger charge is 2.07. The van der Waals surface area contributed by atoms with Gasteiger partial charge in [-0.2, -0.15) is 0 Å². The first kappa shape index (κ1) is 14.1. The van der Waals surface area contributed by atoms with E-state index in [1.54, 1.807) is 30.5 Å². The maximum atomic E-state index is 12.0. The second-order valence-corrected chi connectivity index (χ2v) is 4.83. The Bertz CT molecular complexity index is 638. The lowest BCUT2D eigenvalue weighted by molar-refractivity contribution is 0.0950. The van der Waals surface area contributed by atoms with Crippen LogP contribution in [-0.2, 0) is 6.54 Å². The van der Waals surface area contributed by atoms with Gasteiger partial charge in [-0.3, -0.25) is 9.78 Å². The molecule has 20 heavy (non-hydrogen) atoms. The summed E-state index contributed by atoms with van der Waals surface area (Å²) in [5.41, 5.74) is 8.74. The normalized spacial score (nSPS) is 10.1. The van der Waals surface area contributed by atoms with Crippen LogP contribution >= 0.6 is 12.2 Å². The third-order valence-corrected chi connectivity index (χ3v) is 3.20. The zero-order valence-corrected chi connectivity index (χ0v) is 11.9. The quantitative estimate of drug-likeness (QED) is 0.843. The number of rotatable bonds is 4. The van der Waals surface area contributed by atoms with Crippen LogP contribution in [0.25, 0.3) is 0 Å². The first-order valence-electron chi connectivity index (χ1n) is 6.16. The van der Waals surface area contributed by atoms with Crippen LogP contribution in [0.2, 0.25) is 0 Å². The average Bonchev–Trinajstić information content (AvgIpc) is 2.46. The number of benzene rings is 1. The lowest BCUT2D eigenvalue weighted by Gasteiger charge is -2.07. The van der Waals surface area contributed by atoms with E-state index in [1.165, 1.54) is 0 Å². The Morgan fingerprint density at radius 2 is 1.90 bits per heavy atom. The molecule has 4 nitrogen and oxygen atoms in total. The van der Waals surface area contributed by atoms with Gasteiger partial charge in [-0.05, 0) is 30.7 Å². The van der Waals surface area contributed by atoms with E-state index in [-0.39, 0.29) is 5.91 Å². The molecule has 0 radical (unpaired) electrons. The topological polar surface area (TPSA) is 68.0 Å². The Hall–Kier alpha value is -2.27. The summed E-state index contributed by atoms with van der Waals surface area (Å²) in [5.74, 6) is -0.149. The number of amides is 1. The van der Waals surface area contributed by atoms with E-state index in [0.717, 1.165) is 16.8 Å². The summed E-state index contributed by atoms with van der Waals surface area (Å²) in [7, 11) is 0. The number of hydrogen-bond donors (Lipinski definition) is 2. The van der Waals surface area contributed by atoms with Gasteiger partial charge in [-0.1, -0.05) is 30.4 Å². The number of nitrogens with zero attached hydrogens (tertiary/aromatic N) is 1. The van der Waals surface area contributed by atoms with Gasteiger partial charge in [0.15, 0.2) is 0 Å². The molecule has 102 valence electrons. The molecule has 0 atom stereocenters. The van der Waals surface area contributed by atoms with Gasteiger partial charge in [-0.25, -0.2) is 0 Å². The Labute approximate surface area is 123 Å². The number of carbonyl (C=O) groups is 1. The number of aryl methyl sites for hydroxylation is 1. The van der Waals surface area contributed by atoms with Crippen molar-refractivity contribution >= 4 is 23.1 Å². The summed E-state index contributed by atoms with van der Waals surface area (Å²) >= 11 is 4.87. The molecule has 0 aliphatic rings. The molecule has 1 aromatic heterocycles. The van der Waals surface area contributed by atoms with Gasteiger partial charge in [0.1, 0.15) is 4.99 Å².